The van der Waals surface area contributed by atoms with Crippen LogP contribution in [-0.2, 0) is 74.0 Å². The van der Waals surface area contributed by atoms with Crippen molar-refractivity contribution in [1.29, 1.82) is 0 Å². The summed E-state index contributed by atoms with van der Waals surface area (Å²) in [6, 6.07) is 33.1. The van der Waals surface area contributed by atoms with Gasteiger partial charge in [-0.05, 0) is 245 Å². The molecule has 0 spiro atoms. The number of nitrogen functional groups attached to an aromatic ring is 8. The number of aliphatic hydroxyl groups is 1. The number of pyridine rings is 8. The van der Waals surface area contributed by atoms with Crippen molar-refractivity contribution >= 4 is 129 Å². The second-order valence-corrected chi connectivity index (χ2v) is 34.7. The van der Waals surface area contributed by atoms with E-state index < -0.39 is 9.84 Å². The highest BCUT2D eigenvalue weighted by Gasteiger charge is 2.26. The standard InChI is InChI=1S/C13H19N3O.C12H17N3O2.C12H17N3O.C11H14N4.C11H15N3O2S.C11H15N3O.C11H13N3S.C11H15N3S/c1-5-10-7-6-9(4)16-12(10)11(14)13(15-16)17-8(2)3;1-3-9-5-4-8(2)15-11(9)10(13)12(14-15)17-7-6-16;1-4-9-7-6-8(3)15-11(9)10(13)12(14-15)16-5-2;1-13-11-10(12)9-6-5-7-3-2-4-8(7)15(9)14-11;1-4-8-6-5-7(2)14-10(8)9(12)11(13-14)17(3,15)16;1-4-8-6-5-7(2)14-10(8)9(12)11(13-14)15-3;1-15-11-10(12)9-6-5-7-3-2-4-8(7)14(9)13-11;1-4-8-6-5-7(2)14-10(8)9(12)11(13-14)15-3/h6-8H,5,14H2,1-4H3;4-5,16H,3,6-7,13H2,1-2H3;6-7H,4-5,13H2,1-3H3;5-6H,2-4,12H2,1H3,(H,13,14);5-6H,4,12H2,1-3H3;5-6H,4,12H2,1-3H3;5-6H,2-4,12H2,1H3;5-6H,4,12H2,1-3H3. The molecule has 0 aromatic carbocycles. The van der Waals surface area contributed by atoms with Gasteiger partial charge in [0.15, 0.2) is 15.7 Å². The van der Waals surface area contributed by atoms with Crippen LogP contribution < -0.4 is 70.1 Å². The molecule has 18 N–H and O–H groups in total. The zero-order valence-electron chi connectivity index (χ0n) is 76.8. The maximum Gasteiger partial charge on any atom is 0.257 e. The summed E-state index contributed by atoms with van der Waals surface area (Å²) in [6.07, 6.45) is 17.7. The number of nitrogens with one attached hydrogen (secondary N) is 1. The van der Waals surface area contributed by atoms with E-state index in [1.54, 1.807) is 39.7 Å². The van der Waals surface area contributed by atoms with E-state index in [2.05, 4.69) is 147 Å². The normalized spacial score (nSPS) is 12.0. The first-order valence-electron chi connectivity index (χ1n) is 43.0. The number of aliphatic hydroxyl groups excluding tert-OH is 1. The maximum absolute atomic E-state index is 11.6. The molecule has 0 amide bonds. The topological polar surface area (TPSA) is 450 Å². The molecule has 0 saturated carbocycles. The van der Waals surface area contributed by atoms with Crippen LogP contribution >= 0.6 is 23.5 Å². The van der Waals surface area contributed by atoms with Gasteiger partial charge in [-0.3, -0.25) is 0 Å². The molecular formula is C92H125N25O7S3. The Morgan fingerprint density at radius 3 is 1.11 bits per heavy atom. The quantitative estimate of drug-likeness (QED) is 0.0357. The number of nitrogens with zero attached hydrogens (tertiary/aromatic N) is 16. The molecule has 2 aliphatic rings. The van der Waals surface area contributed by atoms with E-state index in [1.165, 1.54) is 70.5 Å². The average molecular weight is 1790 g/mol. The third kappa shape index (κ3) is 19.6. The second kappa shape index (κ2) is 41.3. The number of aromatic nitrogens is 16. The van der Waals surface area contributed by atoms with Crippen LogP contribution in [0.3, 0.4) is 0 Å². The SMILES string of the molecule is CCOc1nn2c(C)ccc(CC)c2c1N.CCc1ccc(C)n2nc(OC(C)C)c(N)c12.CCc1ccc(C)n2nc(OC)c(N)c12.CCc1ccc(C)n2nc(OCCO)c(N)c12.CCc1ccc(C)n2nc(S(C)(=O)=O)c(N)c12.CCc1ccc(C)n2nc(SC)c(N)c12.CNc1nn2c3c(ccc2c1N)CCC3.CSc1nn2c3c(ccc2c1N)CCC3. The summed E-state index contributed by atoms with van der Waals surface area (Å²) < 4.78 is 59.6. The molecule has 0 aliphatic heterocycles. The van der Waals surface area contributed by atoms with Crippen molar-refractivity contribution in [3.8, 4) is 23.5 Å². The van der Waals surface area contributed by atoms with E-state index >= 15 is 0 Å². The van der Waals surface area contributed by atoms with Gasteiger partial charge in [0.2, 0.25) is 5.03 Å². The van der Waals surface area contributed by atoms with Crippen molar-refractivity contribution in [2.75, 3.05) is 104 Å². The van der Waals surface area contributed by atoms with Crippen LogP contribution in [0.2, 0.25) is 0 Å². The molecule has 0 bridgehead atoms. The number of fused-ring (bicyclic) bond motifs is 12. The molecule has 0 radical (unpaired) electrons. The van der Waals surface area contributed by atoms with Crippen LogP contribution in [0, 0.1) is 41.5 Å². The molecule has 18 rings (SSSR count). The van der Waals surface area contributed by atoms with Crippen molar-refractivity contribution in [2.24, 2.45) is 0 Å². The minimum atomic E-state index is -3.39. The minimum absolute atomic E-state index is 0.0403. The molecule has 0 atom stereocenters. The first kappa shape index (κ1) is 95.2. The number of hydrogen-bond donors (Lipinski definition) is 10. The lowest BCUT2D eigenvalue weighted by Gasteiger charge is -2.06. The first-order chi connectivity index (χ1) is 60.8. The predicted octanol–water partition coefficient (Wildman–Crippen LogP) is 15.0. The molecule has 0 fully saturated rings. The Labute approximate surface area is 750 Å². The molecular weight excluding hydrogens is 1660 g/mol. The lowest BCUT2D eigenvalue weighted by Crippen LogP contribution is -2.07. The Morgan fingerprint density at radius 1 is 0.409 bits per heavy atom. The predicted molar refractivity (Wildman–Crippen MR) is 518 cm³/mol. The van der Waals surface area contributed by atoms with Gasteiger partial charge in [-0.15, -0.1) is 49.0 Å². The molecule has 16 heterocycles. The smallest absolute Gasteiger partial charge is 0.257 e. The third-order valence-corrected chi connectivity index (χ3v) is 24.8. The number of aryl methyl sites for hydroxylation is 16. The van der Waals surface area contributed by atoms with Gasteiger partial charge in [-0.25, -0.2) is 44.5 Å². The van der Waals surface area contributed by atoms with E-state index in [0.29, 0.717) is 58.4 Å². The number of thioether (sulfide) groups is 2. The highest BCUT2D eigenvalue weighted by Crippen LogP contribution is 2.38. The largest absolute Gasteiger partial charge is 0.478 e. The number of rotatable bonds is 18. The third-order valence-electron chi connectivity index (χ3n) is 22.5. The Kier molecular flexibility index (Phi) is 31.0. The molecule has 0 saturated heterocycles. The van der Waals surface area contributed by atoms with E-state index in [-0.39, 0.29) is 30.0 Å². The van der Waals surface area contributed by atoms with Crippen LogP contribution in [0.15, 0.2) is 112 Å². The van der Waals surface area contributed by atoms with Crippen molar-refractivity contribution in [1.82, 2.24) is 76.9 Å². The Bertz CT molecular complexity index is 6550. The zero-order chi connectivity index (χ0) is 92.3. The van der Waals surface area contributed by atoms with Crippen LogP contribution in [0.1, 0.15) is 165 Å². The van der Waals surface area contributed by atoms with E-state index in [4.69, 9.17) is 69.9 Å². The summed E-state index contributed by atoms with van der Waals surface area (Å²) in [7, 11) is 0.0340. The van der Waals surface area contributed by atoms with Crippen LogP contribution in [0.5, 0.6) is 23.5 Å². The van der Waals surface area contributed by atoms with Gasteiger partial charge in [0.1, 0.15) is 45.1 Å². The number of methoxy groups -OCH3 is 1. The Hall–Kier alpha value is -12.5. The summed E-state index contributed by atoms with van der Waals surface area (Å²) in [5, 5.41) is 48.6. The highest BCUT2D eigenvalue weighted by molar-refractivity contribution is 7.98. The number of sulfone groups is 1. The van der Waals surface area contributed by atoms with Crippen molar-refractivity contribution < 1.29 is 32.5 Å². The molecule has 0 unspecified atom stereocenters. The Balaban J connectivity index is 0.000000141. The van der Waals surface area contributed by atoms with Gasteiger partial charge in [-0.2, -0.15) is 15.3 Å². The number of hydrogen-bond acceptors (Lipinski definition) is 26. The zero-order valence-corrected chi connectivity index (χ0v) is 79.3. The van der Waals surface area contributed by atoms with Crippen LogP contribution in [0.4, 0.5) is 51.3 Å². The van der Waals surface area contributed by atoms with E-state index in [1.807, 2.05) is 146 Å². The molecule has 678 valence electrons. The number of anilines is 9. The van der Waals surface area contributed by atoms with Crippen LogP contribution in [-0.4, -0.2) is 149 Å². The molecule has 127 heavy (non-hydrogen) atoms. The van der Waals surface area contributed by atoms with Gasteiger partial charge in [0, 0.05) is 58.9 Å². The van der Waals surface area contributed by atoms with Gasteiger partial charge >= 0.3 is 0 Å². The second-order valence-electron chi connectivity index (χ2n) is 31.2. The fourth-order valence-electron chi connectivity index (χ4n) is 15.8. The summed E-state index contributed by atoms with van der Waals surface area (Å²) >= 11 is 3.20. The monoisotopic (exact) mass is 1790 g/mol. The first-order valence-corrected chi connectivity index (χ1v) is 47.3. The summed E-state index contributed by atoms with van der Waals surface area (Å²) in [6.45, 7) is 31.0. The fraction of sp³-hybridized carbons (Fsp3) is 0.391. The lowest BCUT2D eigenvalue weighted by atomic mass is 10.1. The molecule has 16 aromatic rings. The van der Waals surface area contributed by atoms with Gasteiger partial charge in [-0.1, -0.05) is 90.1 Å². The van der Waals surface area contributed by atoms with Crippen LogP contribution in [0.25, 0.3) is 44.1 Å². The summed E-state index contributed by atoms with van der Waals surface area (Å²) in [4.78, 5) is 0. The molecule has 2 aliphatic carbocycles. The van der Waals surface area contributed by atoms with E-state index in [0.717, 1.165) is 174 Å². The lowest BCUT2D eigenvalue weighted by molar-refractivity contribution is 0.197. The maximum atomic E-state index is 11.6. The van der Waals surface area contributed by atoms with Crippen molar-refractivity contribution in [2.45, 2.75) is 202 Å². The minimum Gasteiger partial charge on any atom is -0.478 e. The van der Waals surface area contributed by atoms with Crippen molar-refractivity contribution in [3.05, 3.63) is 187 Å². The van der Waals surface area contributed by atoms with Gasteiger partial charge in [0.05, 0.1) is 87.6 Å². The van der Waals surface area contributed by atoms with Crippen molar-refractivity contribution in [3.63, 3.8) is 0 Å². The van der Waals surface area contributed by atoms with Gasteiger partial charge in [0.25, 0.3) is 23.5 Å². The Morgan fingerprint density at radius 2 is 0.740 bits per heavy atom. The molecule has 16 aromatic heterocycles. The number of nitrogens with two attached hydrogens (primary N) is 8. The highest BCUT2D eigenvalue weighted by atomic mass is 32.2. The summed E-state index contributed by atoms with van der Waals surface area (Å²) in [5.41, 5.74) is 79.6. The fourth-order valence-corrected chi connectivity index (χ4v) is 17.5. The summed E-state index contributed by atoms with van der Waals surface area (Å²) in [5.74, 6) is 2.73. The molecule has 35 heteroatoms. The molecule has 32 nitrogen and oxygen atoms in total. The number of ether oxygens (including phenoxy) is 4. The van der Waals surface area contributed by atoms with E-state index in [9.17, 15) is 8.42 Å². The average Bonchev–Trinajstić information content (AvgIpc) is 1.62. The van der Waals surface area contributed by atoms with Gasteiger partial charge < -0.3 is 75.2 Å².